The third-order valence-corrected chi connectivity index (χ3v) is 9.52. The number of allylic oxidation sites excluding steroid dienone is 3. The van der Waals surface area contributed by atoms with Crippen molar-refractivity contribution in [3.8, 4) is 0 Å². The first-order valence-corrected chi connectivity index (χ1v) is 15.9. The number of aromatic nitrogens is 2. The highest BCUT2D eigenvalue weighted by Gasteiger charge is 2.52. The average molecular weight is 590 g/mol. The van der Waals surface area contributed by atoms with Crippen molar-refractivity contribution in [3.05, 3.63) is 63.7 Å². The number of rotatable bonds is 13. The standard InChI is InChI=1S/C34H47N5O4/c1-6-25-26-20-27(25)28(26)21-38-22(2)11-9-12-24(38)19-23(3)39-31-14-8-7-13-29(31)35-33(34(39)42)30(15-16-32(40)41)36-43-18-10-17-37(4)5/h6-8,13-14,21-24,26-27H,9-12,15-20H2,1-5H3,(H,40,41)/b25-6?,28-21?,36-30+/t22-,23-,24-,26?,27?/m0/s1. The molecule has 1 N–H and O–H groups in total. The van der Waals surface area contributed by atoms with Gasteiger partial charge < -0.3 is 24.3 Å². The molecule has 9 nitrogen and oxygen atoms in total. The van der Waals surface area contributed by atoms with Crippen LogP contribution in [0.5, 0.6) is 0 Å². The van der Waals surface area contributed by atoms with Crippen LogP contribution >= 0.6 is 0 Å². The summed E-state index contributed by atoms with van der Waals surface area (Å²) in [6, 6.07) is 8.38. The van der Waals surface area contributed by atoms with E-state index in [4.69, 9.17) is 9.82 Å². The number of nitrogens with zero attached hydrogens (tertiary/aromatic N) is 5. The minimum Gasteiger partial charge on any atom is -0.481 e. The van der Waals surface area contributed by atoms with Crippen LogP contribution in [0.15, 0.2) is 57.6 Å². The predicted molar refractivity (Wildman–Crippen MR) is 170 cm³/mol. The lowest BCUT2D eigenvalue weighted by molar-refractivity contribution is -0.136. The highest BCUT2D eigenvalue weighted by molar-refractivity contribution is 6.00. The molecule has 5 atom stereocenters. The Morgan fingerprint density at radius 1 is 1.21 bits per heavy atom. The van der Waals surface area contributed by atoms with E-state index in [1.165, 1.54) is 19.3 Å². The molecule has 6 rings (SSSR count). The fourth-order valence-corrected chi connectivity index (χ4v) is 7.05. The molecule has 232 valence electrons. The van der Waals surface area contributed by atoms with Crippen LogP contribution in [0, 0.1) is 11.8 Å². The molecule has 0 amide bonds. The maximum atomic E-state index is 14.2. The van der Waals surface area contributed by atoms with E-state index in [1.807, 2.05) is 42.9 Å². The van der Waals surface area contributed by atoms with E-state index in [9.17, 15) is 14.7 Å². The number of fused-ring (bicyclic) bond motifs is 1. The van der Waals surface area contributed by atoms with Crippen molar-refractivity contribution in [2.45, 2.75) is 90.3 Å². The van der Waals surface area contributed by atoms with Crippen molar-refractivity contribution in [2.24, 2.45) is 17.0 Å². The summed E-state index contributed by atoms with van der Waals surface area (Å²) in [6.45, 7) is 7.80. The summed E-state index contributed by atoms with van der Waals surface area (Å²) >= 11 is 0. The fraction of sp³-hybridized carbons (Fsp3) is 0.588. The summed E-state index contributed by atoms with van der Waals surface area (Å²) in [5.41, 5.74) is 4.85. The van der Waals surface area contributed by atoms with Gasteiger partial charge in [-0.1, -0.05) is 28.9 Å². The number of para-hydroxylation sites is 2. The average Bonchev–Trinajstić information content (AvgIpc) is 2.92. The smallest absolute Gasteiger partial charge is 0.303 e. The normalized spacial score (nSPS) is 24.0. The molecule has 1 saturated heterocycles. The van der Waals surface area contributed by atoms with Gasteiger partial charge in [-0.25, -0.2) is 4.98 Å². The number of hydrogen-bond donors (Lipinski definition) is 1. The third-order valence-electron chi connectivity index (χ3n) is 9.52. The first-order chi connectivity index (χ1) is 20.7. The van der Waals surface area contributed by atoms with Crippen LogP contribution in [-0.2, 0) is 9.63 Å². The van der Waals surface area contributed by atoms with Gasteiger partial charge in [-0.3, -0.25) is 9.59 Å². The van der Waals surface area contributed by atoms with Crippen LogP contribution in [0.3, 0.4) is 0 Å². The summed E-state index contributed by atoms with van der Waals surface area (Å²) in [7, 11) is 3.98. The van der Waals surface area contributed by atoms with E-state index in [2.05, 4.69) is 48.0 Å². The second-order valence-electron chi connectivity index (χ2n) is 12.8. The van der Waals surface area contributed by atoms with E-state index >= 15 is 0 Å². The molecular weight excluding hydrogens is 542 g/mol. The zero-order valence-electron chi connectivity index (χ0n) is 26.3. The molecule has 1 aliphatic heterocycles. The summed E-state index contributed by atoms with van der Waals surface area (Å²) in [5, 5.41) is 13.7. The van der Waals surface area contributed by atoms with Gasteiger partial charge in [-0.05, 0) is 97.3 Å². The minimum atomic E-state index is -0.957. The number of carboxylic acid groups (broad SMARTS) is 1. The van der Waals surface area contributed by atoms with Gasteiger partial charge in [0.05, 0.1) is 17.5 Å². The lowest BCUT2D eigenvalue weighted by Gasteiger charge is -2.57. The zero-order valence-corrected chi connectivity index (χ0v) is 26.3. The second-order valence-corrected chi connectivity index (χ2v) is 12.8. The van der Waals surface area contributed by atoms with E-state index in [1.54, 1.807) is 11.1 Å². The molecule has 2 bridgehead atoms. The largest absolute Gasteiger partial charge is 0.481 e. The molecule has 1 aromatic heterocycles. The first-order valence-electron chi connectivity index (χ1n) is 15.9. The first kappa shape index (κ1) is 31.0. The van der Waals surface area contributed by atoms with Crippen molar-refractivity contribution in [3.63, 3.8) is 0 Å². The van der Waals surface area contributed by atoms with E-state index in [0.29, 0.717) is 36.0 Å². The number of hydrogen-bond acceptors (Lipinski definition) is 7. The molecule has 2 aromatic rings. The summed E-state index contributed by atoms with van der Waals surface area (Å²) in [6.07, 6.45) is 11.0. The molecule has 4 aliphatic rings. The molecule has 0 radical (unpaired) electrons. The van der Waals surface area contributed by atoms with Crippen molar-refractivity contribution < 1.29 is 14.7 Å². The number of aliphatic carboxylic acids is 1. The molecular formula is C34H47N5O4. The highest BCUT2D eigenvalue weighted by atomic mass is 16.6. The molecule has 1 aromatic carbocycles. The van der Waals surface area contributed by atoms with Gasteiger partial charge in [-0.2, -0.15) is 0 Å². The lowest BCUT2D eigenvalue weighted by atomic mass is 9.48. The number of carbonyl (C=O) groups is 1. The Morgan fingerprint density at radius 2 is 1.98 bits per heavy atom. The number of likely N-dealkylation sites (tertiary alicyclic amines) is 1. The van der Waals surface area contributed by atoms with Crippen LogP contribution in [0.4, 0.5) is 0 Å². The number of benzene rings is 1. The summed E-state index contributed by atoms with van der Waals surface area (Å²) in [4.78, 5) is 40.6. The topological polar surface area (TPSA) is 100 Å². The molecule has 4 fully saturated rings. The molecule has 3 aliphatic carbocycles. The van der Waals surface area contributed by atoms with Crippen LogP contribution in [0.1, 0.15) is 83.9 Å². The highest BCUT2D eigenvalue weighted by Crippen LogP contribution is 2.62. The number of carboxylic acids is 1. The molecule has 2 unspecified atom stereocenters. The van der Waals surface area contributed by atoms with E-state index in [-0.39, 0.29) is 35.8 Å². The molecule has 3 saturated carbocycles. The van der Waals surface area contributed by atoms with Gasteiger partial charge in [0.1, 0.15) is 12.3 Å². The number of piperidine rings is 1. The van der Waals surface area contributed by atoms with Gasteiger partial charge in [0.15, 0.2) is 5.69 Å². The Morgan fingerprint density at radius 3 is 2.67 bits per heavy atom. The van der Waals surface area contributed by atoms with Crippen LogP contribution in [-0.4, -0.2) is 75.5 Å². The predicted octanol–water partition coefficient (Wildman–Crippen LogP) is 5.61. The Kier molecular flexibility index (Phi) is 9.69. The summed E-state index contributed by atoms with van der Waals surface area (Å²) < 4.78 is 1.85. The lowest BCUT2D eigenvalue weighted by Crippen LogP contribution is -2.49. The summed E-state index contributed by atoms with van der Waals surface area (Å²) in [5.74, 6) is 0.330. The maximum absolute atomic E-state index is 14.2. The maximum Gasteiger partial charge on any atom is 0.303 e. The van der Waals surface area contributed by atoms with Gasteiger partial charge in [0, 0.05) is 42.9 Å². The van der Waals surface area contributed by atoms with Crippen molar-refractivity contribution in [1.29, 1.82) is 0 Å². The Bertz CT molecular complexity index is 1460. The van der Waals surface area contributed by atoms with Crippen molar-refractivity contribution >= 4 is 22.7 Å². The monoisotopic (exact) mass is 589 g/mol. The minimum absolute atomic E-state index is 0.0655. The fourth-order valence-electron chi connectivity index (χ4n) is 7.05. The van der Waals surface area contributed by atoms with Crippen molar-refractivity contribution in [2.75, 3.05) is 27.2 Å². The van der Waals surface area contributed by atoms with Crippen LogP contribution in [0.2, 0.25) is 0 Å². The Labute approximate surface area is 254 Å². The van der Waals surface area contributed by atoms with Crippen molar-refractivity contribution in [1.82, 2.24) is 19.4 Å². The third kappa shape index (κ3) is 6.56. The number of oxime groups is 1. The van der Waals surface area contributed by atoms with Gasteiger partial charge in [0.25, 0.3) is 5.56 Å². The molecule has 0 spiro atoms. The van der Waals surface area contributed by atoms with Crippen LogP contribution < -0.4 is 5.56 Å². The molecule has 43 heavy (non-hydrogen) atoms. The molecule has 2 heterocycles. The Hall–Kier alpha value is -3.46. The van der Waals surface area contributed by atoms with Gasteiger partial charge >= 0.3 is 5.97 Å². The van der Waals surface area contributed by atoms with Crippen LogP contribution in [0.25, 0.3) is 11.0 Å². The zero-order chi connectivity index (χ0) is 30.7. The Balaban J connectivity index is 1.44. The molecule has 9 heteroatoms. The van der Waals surface area contributed by atoms with Gasteiger partial charge in [0.2, 0.25) is 0 Å². The van der Waals surface area contributed by atoms with E-state index in [0.717, 1.165) is 31.3 Å². The second kappa shape index (κ2) is 13.5. The van der Waals surface area contributed by atoms with Gasteiger partial charge in [-0.15, -0.1) is 0 Å². The van der Waals surface area contributed by atoms with E-state index < -0.39 is 5.97 Å². The quantitative estimate of drug-likeness (QED) is 0.140. The SMILES string of the molecule is CC=C1C2CC1C2=CN1[C@H](C[C@H](C)n2c(=O)c(/C(CCC(=O)O)=N/OCCCN(C)C)nc3ccccc32)CCC[C@@H]1C.